The van der Waals surface area contributed by atoms with Gasteiger partial charge >= 0.3 is 0 Å². The van der Waals surface area contributed by atoms with Crippen LogP contribution in [0.4, 0.5) is 0 Å². The van der Waals surface area contributed by atoms with Crippen LogP contribution >= 0.6 is 11.8 Å². The molecule has 0 atom stereocenters. The fourth-order valence-corrected chi connectivity index (χ4v) is 3.89. The first kappa shape index (κ1) is 19.8. The monoisotopic (exact) mass is 384 g/mol. The van der Waals surface area contributed by atoms with Gasteiger partial charge in [0.05, 0.1) is 5.75 Å². The minimum Gasteiger partial charge on any atom is -0.490 e. The molecule has 144 valence electrons. The first-order valence-electron chi connectivity index (χ1n) is 9.51. The Morgan fingerprint density at radius 1 is 1.07 bits per heavy atom. The molecule has 1 aliphatic heterocycles. The van der Waals surface area contributed by atoms with Crippen molar-refractivity contribution in [3.05, 3.63) is 65.7 Å². The van der Waals surface area contributed by atoms with Crippen LogP contribution in [0.5, 0.6) is 5.75 Å². The average Bonchev–Trinajstić information content (AvgIpc) is 2.70. The van der Waals surface area contributed by atoms with E-state index in [1.807, 2.05) is 42.5 Å². The Balaban J connectivity index is 1.35. The summed E-state index contributed by atoms with van der Waals surface area (Å²) in [6.07, 6.45) is 2.47. The number of piperidine rings is 1. The number of carbonyl (C=O) groups excluding carboxylic acids is 1. The first-order chi connectivity index (χ1) is 13.2. The van der Waals surface area contributed by atoms with Crippen LogP contribution in [0.3, 0.4) is 0 Å². The van der Waals surface area contributed by atoms with E-state index in [9.17, 15) is 4.79 Å². The maximum atomic E-state index is 12.0. The number of nitrogens with zero attached hydrogens (tertiary/aromatic N) is 1. The zero-order valence-electron chi connectivity index (χ0n) is 15.9. The van der Waals surface area contributed by atoms with E-state index >= 15 is 0 Å². The average molecular weight is 385 g/mol. The molecule has 0 spiro atoms. The number of rotatable bonds is 8. The summed E-state index contributed by atoms with van der Waals surface area (Å²) in [6.45, 7) is 2.74. The Hall–Kier alpha value is -1.98. The highest BCUT2D eigenvalue weighted by Crippen LogP contribution is 2.19. The van der Waals surface area contributed by atoms with Crippen molar-refractivity contribution in [3.8, 4) is 5.75 Å². The second-order valence-corrected chi connectivity index (χ2v) is 8.01. The maximum Gasteiger partial charge on any atom is 0.230 e. The predicted octanol–water partition coefficient (Wildman–Crippen LogP) is 3.71. The molecule has 1 saturated heterocycles. The first-order valence-corrected chi connectivity index (χ1v) is 10.7. The van der Waals surface area contributed by atoms with Crippen LogP contribution in [0.15, 0.2) is 54.6 Å². The van der Waals surface area contributed by atoms with Crippen molar-refractivity contribution in [2.75, 3.05) is 25.9 Å². The lowest BCUT2D eigenvalue weighted by Gasteiger charge is -2.29. The molecule has 27 heavy (non-hydrogen) atoms. The zero-order chi connectivity index (χ0) is 18.9. The van der Waals surface area contributed by atoms with Crippen molar-refractivity contribution < 1.29 is 9.53 Å². The van der Waals surface area contributed by atoms with Gasteiger partial charge in [0.15, 0.2) is 0 Å². The summed E-state index contributed by atoms with van der Waals surface area (Å²) in [5, 5.41) is 2.98. The summed E-state index contributed by atoms with van der Waals surface area (Å²) >= 11 is 1.64. The van der Waals surface area contributed by atoms with Gasteiger partial charge in [-0.1, -0.05) is 42.5 Å². The summed E-state index contributed by atoms with van der Waals surface area (Å²) < 4.78 is 6.06. The van der Waals surface area contributed by atoms with Crippen LogP contribution in [-0.2, 0) is 17.1 Å². The highest BCUT2D eigenvalue weighted by Gasteiger charge is 2.17. The minimum absolute atomic E-state index is 0.0718. The SMILES string of the molecule is CN1CCC(Oc2ccc(CNC(=O)CSCc3ccccc3)cc2)CC1. The van der Waals surface area contributed by atoms with Crippen LogP contribution in [0.25, 0.3) is 0 Å². The van der Waals surface area contributed by atoms with E-state index in [2.05, 4.69) is 29.4 Å². The summed E-state index contributed by atoms with van der Waals surface area (Å²) in [6, 6.07) is 18.3. The van der Waals surface area contributed by atoms with Crippen molar-refractivity contribution in [2.24, 2.45) is 0 Å². The van der Waals surface area contributed by atoms with E-state index < -0.39 is 0 Å². The lowest BCUT2D eigenvalue weighted by atomic mass is 10.1. The molecule has 0 radical (unpaired) electrons. The van der Waals surface area contributed by atoms with Gasteiger partial charge in [-0.05, 0) is 43.1 Å². The molecule has 1 heterocycles. The Kier molecular flexibility index (Phi) is 7.60. The summed E-state index contributed by atoms with van der Waals surface area (Å²) in [5.74, 6) is 2.32. The van der Waals surface area contributed by atoms with Gasteiger partial charge in [0.25, 0.3) is 0 Å². The minimum atomic E-state index is 0.0718. The number of thioether (sulfide) groups is 1. The summed E-state index contributed by atoms with van der Waals surface area (Å²) in [5.41, 5.74) is 2.34. The molecule has 1 amide bonds. The van der Waals surface area contributed by atoms with Crippen LogP contribution < -0.4 is 10.1 Å². The molecule has 1 fully saturated rings. The quantitative estimate of drug-likeness (QED) is 0.753. The Bertz CT molecular complexity index is 698. The van der Waals surface area contributed by atoms with Crippen LogP contribution in [-0.4, -0.2) is 42.8 Å². The van der Waals surface area contributed by atoms with Crippen LogP contribution in [0.1, 0.15) is 24.0 Å². The summed E-state index contributed by atoms with van der Waals surface area (Å²) in [4.78, 5) is 14.3. The number of nitrogens with one attached hydrogen (secondary N) is 1. The Morgan fingerprint density at radius 3 is 2.48 bits per heavy atom. The van der Waals surface area contributed by atoms with Gasteiger partial charge in [-0.15, -0.1) is 11.8 Å². The molecule has 1 aliphatic rings. The van der Waals surface area contributed by atoms with Crippen molar-refractivity contribution in [3.63, 3.8) is 0 Å². The van der Waals surface area contributed by atoms with E-state index in [0.29, 0.717) is 18.4 Å². The smallest absolute Gasteiger partial charge is 0.230 e. The van der Waals surface area contributed by atoms with E-state index in [4.69, 9.17) is 4.74 Å². The largest absolute Gasteiger partial charge is 0.490 e. The third-order valence-electron chi connectivity index (χ3n) is 4.73. The summed E-state index contributed by atoms with van der Waals surface area (Å²) in [7, 11) is 2.15. The maximum absolute atomic E-state index is 12.0. The molecule has 0 bridgehead atoms. The molecule has 0 unspecified atom stereocenters. The third kappa shape index (κ3) is 6.92. The van der Waals surface area contributed by atoms with Gasteiger partial charge in [-0.3, -0.25) is 4.79 Å². The topological polar surface area (TPSA) is 41.6 Å². The molecular formula is C22H28N2O2S. The molecule has 4 nitrogen and oxygen atoms in total. The molecule has 0 aromatic heterocycles. The standard InChI is InChI=1S/C22H28N2O2S/c1-24-13-11-21(12-14-24)26-20-9-7-18(8-10-20)15-23-22(25)17-27-16-19-5-3-2-4-6-19/h2-10,21H,11-17H2,1H3,(H,23,25). The van der Waals surface area contributed by atoms with Gasteiger partial charge in [-0.2, -0.15) is 0 Å². The van der Waals surface area contributed by atoms with Crippen molar-refractivity contribution >= 4 is 17.7 Å². The molecule has 3 rings (SSSR count). The third-order valence-corrected chi connectivity index (χ3v) is 5.73. The van der Waals surface area contributed by atoms with E-state index in [-0.39, 0.29) is 5.91 Å². The number of ether oxygens (including phenoxy) is 1. The van der Waals surface area contributed by atoms with E-state index in [1.165, 1.54) is 5.56 Å². The normalized spacial score (nSPS) is 15.4. The predicted molar refractivity (Wildman–Crippen MR) is 112 cm³/mol. The Labute approximate surface area is 166 Å². The molecule has 0 aliphatic carbocycles. The lowest BCUT2D eigenvalue weighted by molar-refractivity contribution is -0.118. The molecule has 2 aromatic rings. The van der Waals surface area contributed by atoms with Crippen LogP contribution in [0, 0.1) is 0 Å². The number of benzene rings is 2. The van der Waals surface area contributed by atoms with Gasteiger partial charge in [0.1, 0.15) is 11.9 Å². The highest BCUT2D eigenvalue weighted by molar-refractivity contribution is 7.99. The number of likely N-dealkylation sites (tertiary alicyclic amines) is 1. The second-order valence-electron chi connectivity index (χ2n) is 7.02. The fraction of sp³-hybridized carbons (Fsp3) is 0.409. The van der Waals surface area contributed by atoms with Gasteiger partial charge in [0, 0.05) is 25.4 Å². The van der Waals surface area contributed by atoms with Crippen LogP contribution in [0.2, 0.25) is 0 Å². The Morgan fingerprint density at radius 2 is 1.78 bits per heavy atom. The number of hydrogen-bond acceptors (Lipinski definition) is 4. The lowest BCUT2D eigenvalue weighted by Crippen LogP contribution is -2.35. The van der Waals surface area contributed by atoms with E-state index in [0.717, 1.165) is 43.0 Å². The van der Waals surface area contributed by atoms with Gasteiger partial charge in [-0.25, -0.2) is 0 Å². The van der Waals surface area contributed by atoms with Gasteiger partial charge < -0.3 is 15.0 Å². The van der Waals surface area contributed by atoms with Gasteiger partial charge in [0.2, 0.25) is 5.91 Å². The number of amides is 1. The molecule has 2 aromatic carbocycles. The van der Waals surface area contributed by atoms with E-state index in [1.54, 1.807) is 11.8 Å². The zero-order valence-corrected chi connectivity index (χ0v) is 16.7. The molecule has 5 heteroatoms. The van der Waals surface area contributed by atoms with Crippen molar-refractivity contribution in [1.29, 1.82) is 0 Å². The highest BCUT2D eigenvalue weighted by atomic mass is 32.2. The van der Waals surface area contributed by atoms with Crippen molar-refractivity contribution in [2.45, 2.75) is 31.2 Å². The molecular weight excluding hydrogens is 356 g/mol. The molecule has 0 saturated carbocycles. The fourth-order valence-electron chi connectivity index (χ4n) is 3.07. The number of carbonyl (C=O) groups is 1. The van der Waals surface area contributed by atoms with Crippen molar-refractivity contribution in [1.82, 2.24) is 10.2 Å². The molecule has 1 N–H and O–H groups in total. The second kappa shape index (κ2) is 10.4. The number of hydrogen-bond donors (Lipinski definition) is 1.